The van der Waals surface area contributed by atoms with E-state index in [1.165, 1.54) is 18.7 Å². The van der Waals surface area contributed by atoms with Crippen molar-refractivity contribution in [3.63, 3.8) is 0 Å². The van der Waals surface area contributed by atoms with E-state index in [-0.39, 0.29) is 11.8 Å². The van der Waals surface area contributed by atoms with Gasteiger partial charge < -0.3 is 19.5 Å². The van der Waals surface area contributed by atoms with Crippen LogP contribution < -0.4 is 24.4 Å². The van der Waals surface area contributed by atoms with Crippen LogP contribution in [0.25, 0.3) is 6.08 Å². The van der Waals surface area contributed by atoms with Gasteiger partial charge in [-0.15, -0.1) is 0 Å². The van der Waals surface area contributed by atoms with E-state index in [1.54, 1.807) is 38.4 Å². The van der Waals surface area contributed by atoms with Gasteiger partial charge in [0.2, 0.25) is 11.7 Å². The monoisotopic (exact) mass is 490 g/mol. The lowest BCUT2D eigenvalue weighted by Crippen LogP contribution is -2.27. The maximum absolute atomic E-state index is 13.7. The van der Waals surface area contributed by atoms with Gasteiger partial charge in [0.05, 0.1) is 26.2 Å². The highest BCUT2D eigenvalue weighted by Gasteiger charge is 2.39. The van der Waals surface area contributed by atoms with Crippen molar-refractivity contribution in [3.05, 3.63) is 82.8 Å². The summed E-state index contributed by atoms with van der Waals surface area (Å²) in [6, 6.07) is 20.6. The topological polar surface area (TPSA) is 77.1 Å². The minimum absolute atomic E-state index is 0.141. The molecular weight excluding hydrogens is 464 g/mol. The molecule has 0 spiro atoms. The molecule has 0 radical (unpaired) electrons. The van der Waals surface area contributed by atoms with E-state index in [4.69, 9.17) is 14.2 Å². The summed E-state index contributed by atoms with van der Waals surface area (Å²) in [5.41, 5.74) is 3.00. The quantitative estimate of drug-likeness (QED) is 0.441. The minimum Gasteiger partial charge on any atom is -0.493 e. The van der Waals surface area contributed by atoms with Crippen molar-refractivity contribution >= 4 is 41.0 Å². The lowest BCUT2D eigenvalue weighted by molar-refractivity contribution is -0.115. The van der Waals surface area contributed by atoms with Gasteiger partial charge in [-0.2, -0.15) is 0 Å². The Morgan fingerprint density at radius 3 is 2.23 bits per heavy atom. The van der Waals surface area contributed by atoms with Crippen LogP contribution >= 0.6 is 11.8 Å². The van der Waals surface area contributed by atoms with Crippen molar-refractivity contribution in [1.82, 2.24) is 0 Å². The summed E-state index contributed by atoms with van der Waals surface area (Å²) < 4.78 is 16.6. The van der Waals surface area contributed by atoms with E-state index >= 15 is 0 Å². The molecule has 0 aliphatic carbocycles. The normalized spacial score (nSPS) is 16.3. The van der Waals surface area contributed by atoms with Gasteiger partial charge in [0.15, 0.2) is 11.5 Å². The van der Waals surface area contributed by atoms with Crippen molar-refractivity contribution in [2.45, 2.75) is 12.3 Å². The molecule has 2 amide bonds. The number of ether oxygens (including phenoxy) is 3. The molecule has 0 aromatic heterocycles. The number of thioether (sulfide) groups is 1. The average molecular weight is 491 g/mol. The van der Waals surface area contributed by atoms with Crippen LogP contribution in [0.3, 0.4) is 0 Å². The molecule has 1 fully saturated rings. The highest BCUT2D eigenvalue weighted by molar-refractivity contribution is 8.05. The Morgan fingerprint density at radius 1 is 0.943 bits per heavy atom. The van der Waals surface area contributed by atoms with Gasteiger partial charge in [0, 0.05) is 18.3 Å². The fraction of sp³-hybridized carbons (Fsp3) is 0.185. The molecule has 1 N–H and O–H groups in total. The summed E-state index contributed by atoms with van der Waals surface area (Å²) in [6.45, 7) is 1.45. The summed E-state index contributed by atoms with van der Waals surface area (Å²) in [7, 11) is 4.67. The molecule has 4 rings (SSSR count). The van der Waals surface area contributed by atoms with Crippen LogP contribution in [-0.2, 0) is 9.59 Å². The van der Waals surface area contributed by atoms with Crippen molar-refractivity contribution < 1.29 is 23.8 Å². The first-order valence-corrected chi connectivity index (χ1v) is 11.8. The summed E-state index contributed by atoms with van der Waals surface area (Å²) in [4.78, 5) is 27.6. The van der Waals surface area contributed by atoms with E-state index in [1.807, 2.05) is 60.7 Å². The number of methoxy groups -OCH3 is 3. The number of carbonyl (C=O) groups is 2. The van der Waals surface area contributed by atoms with E-state index in [2.05, 4.69) is 5.32 Å². The first kappa shape index (κ1) is 24.2. The zero-order valence-electron chi connectivity index (χ0n) is 19.9. The van der Waals surface area contributed by atoms with Crippen LogP contribution in [0.5, 0.6) is 17.2 Å². The molecule has 1 heterocycles. The molecule has 35 heavy (non-hydrogen) atoms. The number of amides is 2. The standard InChI is InChI=1S/C27H26N2O5S/c1-17(30)28-20-11-8-12-21(16-20)29-26(31)24(13-18-9-6-5-7-10-18)35-27(29)19-14-22(32-2)25(34-4)23(15-19)33-3/h5-16,27H,1-4H3,(H,28,30)/b24-13-. The molecule has 0 bridgehead atoms. The second-order valence-electron chi connectivity index (χ2n) is 7.75. The van der Waals surface area contributed by atoms with Gasteiger partial charge in [0.25, 0.3) is 5.91 Å². The van der Waals surface area contributed by atoms with Crippen LogP contribution in [-0.4, -0.2) is 33.1 Å². The maximum atomic E-state index is 13.7. The highest BCUT2D eigenvalue weighted by atomic mass is 32.2. The molecule has 180 valence electrons. The lowest BCUT2D eigenvalue weighted by atomic mass is 10.1. The first-order chi connectivity index (χ1) is 16.9. The summed E-state index contributed by atoms with van der Waals surface area (Å²) >= 11 is 1.44. The maximum Gasteiger partial charge on any atom is 0.266 e. The minimum atomic E-state index is -0.404. The predicted octanol–water partition coefficient (Wildman–Crippen LogP) is 5.49. The number of nitrogens with one attached hydrogen (secondary N) is 1. The molecule has 3 aromatic carbocycles. The summed E-state index contributed by atoms with van der Waals surface area (Å²) in [5.74, 6) is 1.16. The molecular formula is C27H26N2O5S. The Bertz CT molecular complexity index is 1250. The SMILES string of the molecule is COc1cc(C2S/C(=C\c3ccccc3)C(=O)N2c2cccc(NC(C)=O)c2)cc(OC)c1OC. The molecule has 1 saturated heterocycles. The number of carbonyl (C=O) groups excluding carboxylic acids is 2. The van der Waals surface area contributed by atoms with Gasteiger partial charge in [-0.1, -0.05) is 48.2 Å². The molecule has 0 saturated carbocycles. The fourth-order valence-electron chi connectivity index (χ4n) is 3.90. The van der Waals surface area contributed by atoms with Crippen molar-refractivity contribution in [3.8, 4) is 17.2 Å². The van der Waals surface area contributed by atoms with Crippen molar-refractivity contribution in [2.75, 3.05) is 31.5 Å². The Hall–Kier alpha value is -3.91. The summed E-state index contributed by atoms with van der Waals surface area (Å²) in [6.07, 6.45) is 1.88. The van der Waals surface area contributed by atoms with E-state index in [9.17, 15) is 9.59 Å². The van der Waals surface area contributed by atoms with Crippen LogP contribution in [0.15, 0.2) is 71.6 Å². The second-order valence-corrected chi connectivity index (χ2v) is 8.88. The largest absolute Gasteiger partial charge is 0.493 e. The zero-order chi connectivity index (χ0) is 24.9. The zero-order valence-corrected chi connectivity index (χ0v) is 20.7. The second kappa shape index (κ2) is 10.6. The summed E-state index contributed by atoms with van der Waals surface area (Å²) in [5, 5.41) is 2.38. The van der Waals surface area contributed by atoms with Crippen molar-refractivity contribution in [1.29, 1.82) is 0 Å². The van der Waals surface area contributed by atoms with E-state index < -0.39 is 5.37 Å². The average Bonchev–Trinajstić information content (AvgIpc) is 3.19. The number of benzene rings is 3. The van der Waals surface area contributed by atoms with Crippen LogP contribution in [0.2, 0.25) is 0 Å². The number of hydrogen-bond acceptors (Lipinski definition) is 6. The molecule has 1 atom stereocenters. The molecule has 1 aliphatic heterocycles. The number of nitrogens with zero attached hydrogens (tertiary/aromatic N) is 1. The Morgan fingerprint density at radius 2 is 1.63 bits per heavy atom. The van der Waals surface area contributed by atoms with Crippen LogP contribution in [0.4, 0.5) is 11.4 Å². The number of hydrogen-bond donors (Lipinski definition) is 1. The Balaban J connectivity index is 1.84. The predicted molar refractivity (Wildman–Crippen MR) is 139 cm³/mol. The third-order valence-electron chi connectivity index (χ3n) is 5.42. The smallest absolute Gasteiger partial charge is 0.266 e. The van der Waals surface area contributed by atoms with Crippen molar-refractivity contribution in [2.24, 2.45) is 0 Å². The van der Waals surface area contributed by atoms with Gasteiger partial charge in [-0.05, 0) is 47.5 Å². The third-order valence-corrected chi connectivity index (χ3v) is 6.67. The highest BCUT2D eigenvalue weighted by Crippen LogP contribution is 2.51. The van der Waals surface area contributed by atoms with Gasteiger partial charge in [0.1, 0.15) is 5.37 Å². The molecule has 1 aliphatic rings. The Kier molecular flexibility index (Phi) is 7.31. The molecule has 8 heteroatoms. The van der Waals surface area contributed by atoms with Gasteiger partial charge in [-0.3, -0.25) is 14.5 Å². The fourth-order valence-corrected chi connectivity index (χ4v) is 5.13. The molecule has 3 aromatic rings. The van der Waals surface area contributed by atoms with Gasteiger partial charge >= 0.3 is 0 Å². The van der Waals surface area contributed by atoms with Gasteiger partial charge in [-0.25, -0.2) is 0 Å². The number of rotatable bonds is 7. The number of anilines is 2. The van der Waals surface area contributed by atoms with Crippen LogP contribution in [0.1, 0.15) is 23.4 Å². The first-order valence-electron chi connectivity index (χ1n) is 10.9. The van der Waals surface area contributed by atoms with E-state index in [0.29, 0.717) is 33.5 Å². The lowest BCUT2D eigenvalue weighted by Gasteiger charge is -2.25. The molecule has 1 unspecified atom stereocenters. The third kappa shape index (κ3) is 5.12. The van der Waals surface area contributed by atoms with E-state index in [0.717, 1.165) is 11.1 Å². The Labute approximate surface area is 208 Å². The molecule has 7 nitrogen and oxygen atoms in total. The van der Waals surface area contributed by atoms with Crippen LogP contribution in [0, 0.1) is 0 Å².